The van der Waals surface area contributed by atoms with Gasteiger partial charge in [0.15, 0.2) is 0 Å². The zero-order chi connectivity index (χ0) is 11.1. The Morgan fingerprint density at radius 3 is 2.93 bits per heavy atom. The predicted octanol–water partition coefficient (Wildman–Crippen LogP) is -0.536. The first-order chi connectivity index (χ1) is 7.24. The van der Waals surface area contributed by atoms with Gasteiger partial charge in [-0.1, -0.05) is 0 Å². The summed E-state index contributed by atoms with van der Waals surface area (Å²) in [7, 11) is 0. The highest BCUT2D eigenvalue weighted by Gasteiger charge is 2.17. The molecule has 0 aromatic heterocycles. The van der Waals surface area contributed by atoms with E-state index in [1.165, 1.54) is 0 Å². The predicted molar refractivity (Wildman–Crippen MR) is 57.1 cm³/mol. The summed E-state index contributed by atoms with van der Waals surface area (Å²) < 4.78 is 0. The second kappa shape index (κ2) is 6.40. The minimum absolute atomic E-state index is 0.0345. The lowest BCUT2D eigenvalue weighted by Crippen LogP contribution is -2.34. The van der Waals surface area contributed by atoms with Crippen LogP contribution in [0, 0.1) is 0 Å². The molecule has 1 saturated heterocycles. The average Bonchev–Trinajstić information content (AvgIpc) is 2.43. The Bertz CT molecular complexity index is 231. The van der Waals surface area contributed by atoms with Crippen molar-refractivity contribution in [3.63, 3.8) is 0 Å². The van der Waals surface area contributed by atoms with E-state index in [1.54, 1.807) is 4.90 Å². The number of unbranched alkanes of at least 4 members (excludes halogenated alkanes) is 1. The van der Waals surface area contributed by atoms with Crippen molar-refractivity contribution < 1.29 is 9.59 Å². The third kappa shape index (κ3) is 4.29. The number of carbonyl (C=O) groups is 2. The minimum Gasteiger partial charge on any atom is -0.354 e. The summed E-state index contributed by atoms with van der Waals surface area (Å²) in [6.45, 7) is 2.38. The first-order valence-corrected chi connectivity index (χ1v) is 5.48. The highest BCUT2D eigenvalue weighted by molar-refractivity contribution is 5.80. The smallest absolute Gasteiger partial charge is 0.222 e. The van der Waals surface area contributed by atoms with Gasteiger partial charge in [-0.2, -0.15) is 0 Å². The molecule has 1 heterocycles. The second-order valence-electron chi connectivity index (χ2n) is 3.73. The summed E-state index contributed by atoms with van der Waals surface area (Å²) in [5.74, 6) is 0.173. The molecule has 1 rings (SSSR count). The van der Waals surface area contributed by atoms with Crippen molar-refractivity contribution in [1.29, 1.82) is 0 Å². The lowest BCUT2D eigenvalue weighted by molar-refractivity contribution is -0.131. The molecule has 15 heavy (non-hydrogen) atoms. The maximum atomic E-state index is 11.7. The van der Waals surface area contributed by atoms with Crippen LogP contribution in [0.2, 0.25) is 0 Å². The molecule has 0 saturated carbocycles. The Kier molecular flexibility index (Phi) is 5.10. The van der Waals surface area contributed by atoms with Crippen LogP contribution < -0.4 is 11.1 Å². The van der Waals surface area contributed by atoms with E-state index in [4.69, 9.17) is 5.73 Å². The zero-order valence-electron chi connectivity index (χ0n) is 9.00. The molecular formula is C10H19N3O2. The highest BCUT2D eigenvalue weighted by Crippen LogP contribution is 2.03. The molecule has 0 bridgehead atoms. The fourth-order valence-corrected chi connectivity index (χ4v) is 1.60. The molecule has 86 valence electrons. The summed E-state index contributed by atoms with van der Waals surface area (Å²) in [4.78, 5) is 24.5. The molecule has 5 nitrogen and oxygen atoms in total. The lowest BCUT2D eigenvalue weighted by Gasteiger charge is -2.19. The summed E-state index contributed by atoms with van der Waals surface area (Å²) >= 11 is 0. The quantitative estimate of drug-likeness (QED) is 0.616. The Labute approximate surface area is 90.0 Å². The largest absolute Gasteiger partial charge is 0.354 e. The minimum atomic E-state index is 0.0345. The maximum Gasteiger partial charge on any atom is 0.222 e. The molecule has 0 unspecified atom stereocenters. The number of hydrogen-bond donors (Lipinski definition) is 2. The highest BCUT2D eigenvalue weighted by atomic mass is 16.2. The molecule has 1 fully saturated rings. The van der Waals surface area contributed by atoms with Gasteiger partial charge in [-0.3, -0.25) is 9.59 Å². The zero-order valence-corrected chi connectivity index (χ0v) is 9.00. The van der Waals surface area contributed by atoms with Gasteiger partial charge in [-0.15, -0.1) is 0 Å². The normalized spacial score (nSPS) is 17.1. The van der Waals surface area contributed by atoms with Crippen molar-refractivity contribution in [3.05, 3.63) is 0 Å². The van der Waals surface area contributed by atoms with Crippen LogP contribution in [-0.4, -0.2) is 42.9 Å². The van der Waals surface area contributed by atoms with Gasteiger partial charge in [0, 0.05) is 32.5 Å². The van der Waals surface area contributed by atoms with Crippen molar-refractivity contribution in [2.75, 3.05) is 26.2 Å². The van der Waals surface area contributed by atoms with Crippen LogP contribution in [0.3, 0.4) is 0 Å². The Morgan fingerprint density at radius 2 is 2.20 bits per heavy atom. The molecule has 1 aliphatic rings. The number of nitrogens with zero attached hydrogens (tertiary/aromatic N) is 1. The number of amides is 2. The molecule has 1 aliphatic heterocycles. The maximum absolute atomic E-state index is 11.7. The number of nitrogens with two attached hydrogens (primary N) is 1. The summed E-state index contributed by atoms with van der Waals surface area (Å²) in [5.41, 5.74) is 5.36. The van der Waals surface area contributed by atoms with Gasteiger partial charge in [0.05, 0.1) is 0 Å². The van der Waals surface area contributed by atoms with Crippen LogP contribution in [0.15, 0.2) is 0 Å². The van der Waals surface area contributed by atoms with Crippen LogP contribution >= 0.6 is 0 Å². The molecule has 2 amide bonds. The van der Waals surface area contributed by atoms with Crippen molar-refractivity contribution in [1.82, 2.24) is 10.2 Å². The fraction of sp³-hybridized carbons (Fsp3) is 0.800. The van der Waals surface area contributed by atoms with E-state index in [9.17, 15) is 9.59 Å². The van der Waals surface area contributed by atoms with Crippen LogP contribution in [0.1, 0.15) is 25.7 Å². The number of nitrogens with one attached hydrogen (secondary N) is 1. The summed E-state index contributed by atoms with van der Waals surface area (Å²) in [6, 6.07) is 0. The lowest BCUT2D eigenvalue weighted by atomic mass is 10.2. The third-order valence-corrected chi connectivity index (χ3v) is 2.51. The van der Waals surface area contributed by atoms with Gasteiger partial charge in [0.2, 0.25) is 11.8 Å². The Hall–Kier alpha value is -1.10. The van der Waals surface area contributed by atoms with Crippen LogP contribution in [0.4, 0.5) is 0 Å². The molecule has 3 N–H and O–H groups in total. The van der Waals surface area contributed by atoms with Gasteiger partial charge in [-0.05, 0) is 19.4 Å². The van der Waals surface area contributed by atoms with Gasteiger partial charge in [0.1, 0.15) is 0 Å². The molecule has 0 spiro atoms. The van der Waals surface area contributed by atoms with E-state index in [1.807, 2.05) is 0 Å². The monoisotopic (exact) mass is 213 g/mol. The second-order valence-corrected chi connectivity index (χ2v) is 3.73. The Morgan fingerprint density at radius 1 is 1.40 bits per heavy atom. The number of hydrogen-bond acceptors (Lipinski definition) is 3. The van der Waals surface area contributed by atoms with E-state index >= 15 is 0 Å². The molecule has 0 radical (unpaired) electrons. The van der Waals surface area contributed by atoms with E-state index in [2.05, 4.69) is 5.32 Å². The van der Waals surface area contributed by atoms with Gasteiger partial charge in [-0.25, -0.2) is 0 Å². The SMILES string of the molecule is NCCCCC(=O)N1CCNC(=O)CC1. The Balaban J connectivity index is 2.28. The molecule has 0 aliphatic carbocycles. The molecule has 5 heteroatoms. The van der Waals surface area contributed by atoms with E-state index in [0.29, 0.717) is 39.0 Å². The van der Waals surface area contributed by atoms with Crippen molar-refractivity contribution >= 4 is 11.8 Å². The van der Waals surface area contributed by atoms with Crippen molar-refractivity contribution in [2.24, 2.45) is 5.73 Å². The van der Waals surface area contributed by atoms with Gasteiger partial charge in [0.25, 0.3) is 0 Å². The topological polar surface area (TPSA) is 75.4 Å². The summed E-state index contributed by atoms with van der Waals surface area (Å²) in [5, 5.41) is 2.74. The molecular weight excluding hydrogens is 194 g/mol. The molecule has 0 atom stereocenters. The molecule has 0 aromatic carbocycles. The standard InChI is InChI=1S/C10H19N3O2/c11-5-2-1-3-10(15)13-7-4-9(14)12-6-8-13/h1-8,11H2,(H,12,14). The fourth-order valence-electron chi connectivity index (χ4n) is 1.60. The average molecular weight is 213 g/mol. The number of carbonyl (C=O) groups excluding carboxylic acids is 2. The van der Waals surface area contributed by atoms with E-state index in [0.717, 1.165) is 12.8 Å². The first-order valence-electron chi connectivity index (χ1n) is 5.48. The number of rotatable bonds is 4. The van der Waals surface area contributed by atoms with Crippen LogP contribution in [0.25, 0.3) is 0 Å². The third-order valence-electron chi connectivity index (χ3n) is 2.51. The van der Waals surface area contributed by atoms with E-state index in [-0.39, 0.29) is 11.8 Å². The molecule has 0 aromatic rings. The van der Waals surface area contributed by atoms with Gasteiger partial charge >= 0.3 is 0 Å². The van der Waals surface area contributed by atoms with Crippen molar-refractivity contribution in [3.8, 4) is 0 Å². The van der Waals surface area contributed by atoms with E-state index < -0.39 is 0 Å². The van der Waals surface area contributed by atoms with Crippen molar-refractivity contribution in [2.45, 2.75) is 25.7 Å². The van der Waals surface area contributed by atoms with Crippen LogP contribution in [0.5, 0.6) is 0 Å². The first kappa shape index (κ1) is 12.0. The summed E-state index contributed by atoms with van der Waals surface area (Å²) in [6.07, 6.45) is 2.69. The van der Waals surface area contributed by atoms with Crippen LogP contribution in [-0.2, 0) is 9.59 Å². The van der Waals surface area contributed by atoms with Gasteiger partial charge < -0.3 is 16.0 Å².